The maximum absolute atomic E-state index is 14.1. The van der Waals surface area contributed by atoms with Gasteiger partial charge in [0.15, 0.2) is 0 Å². The number of alkyl halides is 5. The molecular weight excluding hydrogens is 508 g/mol. The van der Waals surface area contributed by atoms with Crippen LogP contribution in [0.5, 0.6) is 0 Å². The number of hydrogen-bond acceptors (Lipinski definition) is 5. The standard InChI is InChI=1S/C23H19ClF4N4O2S/c1-12-16(6-7-35-12)13-2-4-15(5-3-13)32(22(34)20(24)25)19(14-9-29-11-30-10-14)21(33)31-18-8-17(18)23(26,27)28/h2-7,9-11,17-20H,8H2,1H3,(H,31,33). The number of aromatic nitrogens is 2. The molecule has 2 amide bonds. The van der Waals surface area contributed by atoms with Crippen molar-refractivity contribution >= 4 is 40.4 Å². The smallest absolute Gasteiger partial charge is 0.351 e. The molecule has 4 atom stereocenters. The van der Waals surface area contributed by atoms with E-state index >= 15 is 0 Å². The highest BCUT2D eigenvalue weighted by atomic mass is 35.5. The van der Waals surface area contributed by atoms with Gasteiger partial charge in [0.05, 0.1) is 5.92 Å². The molecule has 12 heteroatoms. The van der Waals surface area contributed by atoms with E-state index in [-0.39, 0.29) is 17.7 Å². The summed E-state index contributed by atoms with van der Waals surface area (Å²) in [6.07, 6.45) is -1.10. The molecule has 0 saturated heterocycles. The SMILES string of the molecule is Cc1sccc1-c1ccc(N(C(=O)C(F)Cl)C(C(=O)NC2CC2C(F)(F)F)c2cncnc2)cc1. The van der Waals surface area contributed by atoms with E-state index < -0.39 is 41.6 Å². The Morgan fingerprint density at radius 1 is 1.17 bits per heavy atom. The van der Waals surface area contributed by atoms with E-state index in [1.165, 1.54) is 30.9 Å². The Kier molecular flexibility index (Phi) is 7.09. The Balaban J connectivity index is 1.71. The van der Waals surface area contributed by atoms with Gasteiger partial charge in [-0.15, -0.1) is 11.3 Å². The zero-order valence-electron chi connectivity index (χ0n) is 18.2. The summed E-state index contributed by atoms with van der Waals surface area (Å²) in [6, 6.07) is 5.66. The second-order valence-electron chi connectivity index (χ2n) is 8.02. The number of anilines is 1. The van der Waals surface area contributed by atoms with E-state index in [1.807, 2.05) is 18.4 Å². The number of halogens is 5. The molecule has 2 heterocycles. The van der Waals surface area contributed by atoms with Gasteiger partial charge < -0.3 is 5.32 Å². The van der Waals surface area contributed by atoms with Crippen LogP contribution in [0, 0.1) is 12.8 Å². The molecule has 1 N–H and O–H groups in total. The molecular formula is C23H19ClF4N4O2S. The molecule has 0 bridgehead atoms. The molecule has 0 spiro atoms. The Morgan fingerprint density at radius 3 is 2.34 bits per heavy atom. The first kappa shape index (κ1) is 25.1. The van der Waals surface area contributed by atoms with Gasteiger partial charge >= 0.3 is 6.18 Å². The van der Waals surface area contributed by atoms with Gasteiger partial charge in [0.2, 0.25) is 5.91 Å². The van der Waals surface area contributed by atoms with Crippen LogP contribution in [0.4, 0.5) is 23.2 Å². The zero-order chi connectivity index (χ0) is 25.3. The fraction of sp³-hybridized carbons (Fsp3) is 0.304. The van der Waals surface area contributed by atoms with Gasteiger partial charge in [-0.25, -0.2) is 14.4 Å². The van der Waals surface area contributed by atoms with Gasteiger partial charge in [0.25, 0.3) is 11.5 Å². The van der Waals surface area contributed by atoms with Crippen molar-refractivity contribution in [2.75, 3.05) is 4.90 Å². The second kappa shape index (κ2) is 9.90. The number of amides is 2. The number of nitrogens with one attached hydrogen (secondary N) is 1. The summed E-state index contributed by atoms with van der Waals surface area (Å²) in [4.78, 5) is 35.7. The van der Waals surface area contributed by atoms with Crippen LogP contribution in [0.15, 0.2) is 54.4 Å². The third kappa shape index (κ3) is 5.46. The molecule has 1 fully saturated rings. The van der Waals surface area contributed by atoms with Crippen LogP contribution in [0.1, 0.15) is 22.9 Å². The molecule has 2 aromatic heterocycles. The summed E-state index contributed by atoms with van der Waals surface area (Å²) in [6.45, 7) is 1.95. The molecule has 1 aromatic carbocycles. The first-order chi connectivity index (χ1) is 16.6. The molecule has 0 radical (unpaired) electrons. The fourth-order valence-corrected chi connectivity index (χ4v) is 4.67. The van der Waals surface area contributed by atoms with Crippen molar-refractivity contribution < 1.29 is 27.2 Å². The van der Waals surface area contributed by atoms with E-state index in [1.54, 1.807) is 23.5 Å². The van der Waals surface area contributed by atoms with Crippen molar-refractivity contribution in [2.45, 2.75) is 37.2 Å². The Labute approximate surface area is 207 Å². The van der Waals surface area contributed by atoms with Gasteiger partial charge in [0, 0.05) is 34.6 Å². The average molecular weight is 527 g/mol. The van der Waals surface area contributed by atoms with Crippen LogP contribution in [0.25, 0.3) is 11.1 Å². The number of benzene rings is 1. The average Bonchev–Trinajstić information content (AvgIpc) is 3.48. The number of carbonyl (C=O) groups is 2. The summed E-state index contributed by atoms with van der Waals surface area (Å²) >= 11 is 7.03. The summed E-state index contributed by atoms with van der Waals surface area (Å²) in [5, 5.41) is 4.25. The van der Waals surface area contributed by atoms with E-state index in [9.17, 15) is 27.2 Å². The molecule has 3 aromatic rings. The first-order valence-electron chi connectivity index (χ1n) is 10.5. The lowest BCUT2D eigenvalue weighted by atomic mass is 10.0. The van der Waals surface area contributed by atoms with Gasteiger partial charge in [-0.1, -0.05) is 23.7 Å². The van der Waals surface area contributed by atoms with Gasteiger partial charge in [-0.3, -0.25) is 14.5 Å². The minimum Gasteiger partial charge on any atom is -0.351 e. The summed E-state index contributed by atoms with van der Waals surface area (Å²) in [5.74, 6) is -3.86. The highest BCUT2D eigenvalue weighted by Crippen LogP contribution is 2.45. The molecule has 1 aliphatic rings. The number of rotatable bonds is 7. The van der Waals surface area contributed by atoms with Crippen molar-refractivity contribution in [3.63, 3.8) is 0 Å². The number of carbonyl (C=O) groups excluding carboxylic acids is 2. The quantitative estimate of drug-likeness (QED) is 0.340. The minimum absolute atomic E-state index is 0.0811. The Morgan fingerprint density at radius 2 is 1.83 bits per heavy atom. The molecule has 1 aliphatic carbocycles. The number of aryl methyl sites for hydroxylation is 1. The predicted octanol–water partition coefficient (Wildman–Crippen LogP) is 5.19. The second-order valence-corrected chi connectivity index (χ2v) is 9.52. The van der Waals surface area contributed by atoms with Crippen molar-refractivity contribution in [3.05, 3.63) is 64.9 Å². The summed E-state index contributed by atoms with van der Waals surface area (Å²) < 4.78 is 53.1. The lowest BCUT2D eigenvalue weighted by molar-refractivity contribution is -0.149. The van der Waals surface area contributed by atoms with Crippen LogP contribution in [-0.2, 0) is 9.59 Å². The Bertz CT molecular complexity index is 1200. The highest BCUT2D eigenvalue weighted by molar-refractivity contribution is 7.10. The number of nitrogens with zero attached hydrogens (tertiary/aromatic N) is 3. The van der Waals surface area contributed by atoms with E-state index in [0.29, 0.717) is 0 Å². The van der Waals surface area contributed by atoms with Crippen LogP contribution in [0.2, 0.25) is 0 Å². The molecule has 4 rings (SSSR count). The van der Waals surface area contributed by atoms with Crippen LogP contribution >= 0.6 is 22.9 Å². The zero-order valence-corrected chi connectivity index (χ0v) is 19.7. The molecule has 0 aliphatic heterocycles. The van der Waals surface area contributed by atoms with Crippen LogP contribution < -0.4 is 10.2 Å². The molecule has 6 nitrogen and oxygen atoms in total. The topological polar surface area (TPSA) is 75.2 Å². The van der Waals surface area contributed by atoms with Crippen molar-refractivity contribution in [2.24, 2.45) is 5.92 Å². The third-order valence-corrected chi connectivity index (χ3v) is 6.71. The Hall–Kier alpha value is -3.05. The maximum atomic E-state index is 14.1. The molecule has 4 unspecified atom stereocenters. The lowest BCUT2D eigenvalue weighted by Gasteiger charge is -2.31. The van der Waals surface area contributed by atoms with E-state index in [0.717, 1.165) is 20.9 Å². The summed E-state index contributed by atoms with van der Waals surface area (Å²) in [5.41, 5.74) is -0.493. The molecule has 35 heavy (non-hydrogen) atoms. The third-order valence-electron chi connectivity index (χ3n) is 5.68. The minimum atomic E-state index is -4.46. The highest BCUT2D eigenvalue weighted by Gasteiger charge is 2.57. The van der Waals surface area contributed by atoms with Gasteiger partial charge in [0.1, 0.15) is 12.4 Å². The van der Waals surface area contributed by atoms with E-state index in [4.69, 9.17) is 11.6 Å². The van der Waals surface area contributed by atoms with Crippen LogP contribution in [0.3, 0.4) is 0 Å². The van der Waals surface area contributed by atoms with Crippen molar-refractivity contribution in [1.82, 2.24) is 15.3 Å². The van der Waals surface area contributed by atoms with Crippen molar-refractivity contribution in [3.8, 4) is 11.1 Å². The normalized spacial score (nSPS) is 19.0. The lowest BCUT2D eigenvalue weighted by Crippen LogP contribution is -2.47. The van der Waals surface area contributed by atoms with Crippen LogP contribution in [-0.4, -0.2) is 39.6 Å². The molecule has 184 valence electrons. The van der Waals surface area contributed by atoms with Gasteiger partial charge in [-0.2, -0.15) is 13.2 Å². The molecule has 1 saturated carbocycles. The largest absolute Gasteiger partial charge is 0.393 e. The predicted molar refractivity (Wildman–Crippen MR) is 124 cm³/mol. The van der Waals surface area contributed by atoms with E-state index in [2.05, 4.69) is 15.3 Å². The van der Waals surface area contributed by atoms with Gasteiger partial charge in [-0.05, 0) is 48.1 Å². The number of thiophene rings is 1. The maximum Gasteiger partial charge on any atom is 0.393 e. The number of hydrogen-bond donors (Lipinski definition) is 1. The monoisotopic (exact) mass is 526 g/mol. The first-order valence-corrected chi connectivity index (χ1v) is 11.8. The van der Waals surface area contributed by atoms with Crippen molar-refractivity contribution in [1.29, 1.82) is 0 Å². The summed E-state index contributed by atoms with van der Waals surface area (Å²) in [7, 11) is 0. The fourth-order valence-electron chi connectivity index (χ4n) is 3.84.